The van der Waals surface area contributed by atoms with E-state index in [0.717, 1.165) is 22.7 Å². The number of aryl methyl sites for hydroxylation is 1. The molecule has 4 heteroatoms. The number of ether oxygens (including phenoxy) is 1. The predicted octanol–water partition coefficient (Wildman–Crippen LogP) is 2.59. The molecule has 0 aliphatic carbocycles. The zero-order valence-corrected chi connectivity index (χ0v) is 10.6. The quantitative estimate of drug-likeness (QED) is 0.866. The Morgan fingerprint density at radius 3 is 2.83 bits per heavy atom. The number of para-hydroxylation sites is 1. The van der Waals surface area contributed by atoms with Crippen molar-refractivity contribution in [1.29, 1.82) is 0 Å². The molecular formula is C14H17N3O. The van der Waals surface area contributed by atoms with Crippen LogP contribution >= 0.6 is 0 Å². The highest BCUT2D eigenvalue weighted by molar-refractivity contribution is 5.51. The molecule has 0 fully saturated rings. The number of aromatic nitrogens is 1. The number of benzene rings is 1. The minimum Gasteiger partial charge on any atom is -0.496 e. The smallest absolute Gasteiger partial charge is 0.129 e. The first-order chi connectivity index (χ1) is 8.70. The molecule has 2 rings (SSSR count). The lowest BCUT2D eigenvalue weighted by Crippen LogP contribution is -2.05. The number of hydrogen-bond donors (Lipinski definition) is 2. The van der Waals surface area contributed by atoms with Gasteiger partial charge in [-0.3, -0.25) is 0 Å². The van der Waals surface area contributed by atoms with Gasteiger partial charge in [0.15, 0.2) is 0 Å². The van der Waals surface area contributed by atoms with Gasteiger partial charge in [0.05, 0.1) is 19.0 Å². The van der Waals surface area contributed by atoms with E-state index in [2.05, 4.69) is 10.3 Å². The Morgan fingerprint density at radius 2 is 2.11 bits per heavy atom. The van der Waals surface area contributed by atoms with E-state index in [9.17, 15) is 0 Å². The van der Waals surface area contributed by atoms with Crippen molar-refractivity contribution < 1.29 is 4.74 Å². The molecule has 0 saturated carbocycles. The van der Waals surface area contributed by atoms with Crippen molar-refractivity contribution in [3.63, 3.8) is 0 Å². The summed E-state index contributed by atoms with van der Waals surface area (Å²) in [5.41, 5.74) is 8.47. The van der Waals surface area contributed by atoms with Gasteiger partial charge in [0, 0.05) is 12.1 Å². The molecule has 0 saturated heterocycles. The second-order valence-electron chi connectivity index (χ2n) is 4.10. The average molecular weight is 243 g/mol. The Balaban J connectivity index is 2.11. The van der Waals surface area contributed by atoms with Crippen LogP contribution < -0.4 is 15.8 Å². The van der Waals surface area contributed by atoms with Gasteiger partial charge in [0.25, 0.3) is 0 Å². The van der Waals surface area contributed by atoms with E-state index < -0.39 is 0 Å². The number of methoxy groups -OCH3 is 1. The van der Waals surface area contributed by atoms with E-state index in [4.69, 9.17) is 10.5 Å². The Kier molecular flexibility index (Phi) is 3.67. The number of nitrogen functional groups attached to an aromatic ring is 1. The van der Waals surface area contributed by atoms with E-state index in [1.54, 1.807) is 13.3 Å². The molecule has 0 atom stereocenters. The van der Waals surface area contributed by atoms with Crippen LogP contribution in [-0.2, 0) is 6.54 Å². The van der Waals surface area contributed by atoms with Gasteiger partial charge in [-0.25, -0.2) is 4.98 Å². The molecule has 0 radical (unpaired) electrons. The second-order valence-corrected chi connectivity index (χ2v) is 4.10. The zero-order valence-electron chi connectivity index (χ0n) is 10.6. The van der Waals surface area contributed by atoms with Crippen LogP contribution in [0.4, 0.5) is 11.5 Å². The Morgan fingerprint density at radius 1 is 1.33 bits per heavy atom. The first-order valence-corrected chi connectivity index (χ1v) is 5.78. The van der Waals surface area contributed by atoms with Crippen LogP contribution in [0.1, 0.15) is 11.1 Å². The lowest BCUT2D eigenvalue weighted by molar-refractivity contribution is 0.410. The van der Waals surface area contributed by atoms with Crippen molar-refractivity contribution in [3.8, 4) is 5.75 Å². The molecule has 0 aliphatic heterocycles. The monoisotopic (exact) mass is 243 g/mol. The molecule has 0 unspecified atom stereocenters. The van der Waals surface area contributed by atoms with Crippen molar-refractivity contribution in [1.82, 2.24) is 4.98 Å². The van der Waals surface area contributed by atoms with Crippen molar-refractivity contribution >= 4 is 11.5 Å². The summed E-state index contributed by atoms with van der Waals surface area (Å²) in [6, 6.07) is 9.81. The Hall–Kier alpha value is -2.23. The minimum absolute atomic E-state index is 0.668. The number of anilines is 2. The van der Waals surface area contributed by atoms with Gasteiger partial charge >= 0.3 is 0 Å². The molecule has 94 valence electrons. The Bertz CT molecular complexity index is 540. The maximum atomic E-state index is 5.67. The highest BCUT2D eigenvalue weighted by Crippen LogP contribution is 2.20. The largest absolute Gasteiger partial charge is 0.496 e. The normalized spacial score (nSPS) is 10.1. The van der Waals surface area contributed by atoms with Crippen molar-refractivity contribution in [2.45, 2.75) is 13.5 Å². The summed E-state index contributed by atoms with van der Waals surface area (Å²) in [6.45, 7) is 2.65. The molecule has 0 amide bonds. The lowest BCUT2D eigenvalue weighted by Gasteiger charge is -2.11. The fraction of sp³-hybridized carbons (Fsp3) is 0.214. The fourth-order valence-electron chi connectivity index (χ4n) is 1.81. The molecule has 0 aliphatic rings. The van der Waals surface area contributed by atoms with Gasteiger partial charge in [-0.05, 0) is 24.6 Å². The van der Waals surface area contributed by atoms with Gasteiger partial charge in [0.2, 0.25) is 0 Å². The SMILES string of the molecule is COc1ccccc1CNc1ncc(N)cc1C. The Labute approximate surface area is 107 Å². The first kappa shape index (κ1) is 12.2. The van der Waals surface area contributed by atoms with Crippen LogP contribution in [0.2, 0.25) is 0 Å². The molecular weight excluding hydrogens is 226 g/mol. The predicted molar refractivity (Wildman–Crippen MR) is 73.7 cm³/mol. The van der Waals surface area contributed by atoms with E-state index in [-0.39, 0.29) is 0 Å². The van der Waals surface area contributed by atoms with Crippen LogP contribution in [0, 0.1) is 6.92 Å². The molecule has 2 aromatic rings. The summed E-state index contributed by atoms with van der Waals surface area (Å²) >= 11 is 0. The summed E-state index contributed by atoms with van der Waals surface area (Å²) in [4.78, 5) is 4.27. The topological polar surface area (TPSA) is 60.2 Å². The highest BCUT2D eigenvalue weighted by atomic mass is 16.5. The average Bonchev–Trinajstić information content (AvgIpc) is 2.38. The molecule has 1 aromatic carbocycles. The second kappa shape index (κ2) is 5.40. The van der Waals surface area contributed by atoms with Crippen molar-refractivity contribution in [3.05, 3.63) is 47.7 Å². The van der Waals surface area contributed by atoms with Gasteiger partial charge in [-0.15, -0.1) is 0 Å². The summed E-state index contributed by atoms with van der Waals surface area (Å²) in [7, 11) is 1.67. The minimum atomic E-state index is 0.668. The van der Waals surface area contributed by atoms with Crippen LogP contribution in [0.3, 0.4) is 0 Å². The molecule has 1 aromatic heterocycles. The number of nitrogens with zero attached hydrogens (tertiary/aromatic N) is 1. The molecule has 0 spiro atoms. The number of hydrogen-bond acceptors (Lipinski definition) is 4. The maximum Gasteiger partial charge on any atom is 0.129 e. The third kappa shape index (κ3) is 2.71. The number of nitrogens with one attached hydrogen (secondary N) is 1. The highest BCUT2D eigenvalue weighted by Gasteiger charge is 2.03. The summed E-state index contributed by atoms with van der Waals surface area (Å²) in [6.07, 6.45) is 1.65. The summed E-state index contributed by atoms with van der Waals surface area (Å²) < 4.78 is 5.30. The lowest BCUT2D eigenvalue weighted by atomic mass is 10.2. The van der Waals surface area contributed by atoms with Gasteiger partial charge < -0.3 is 15.8 Å². The zero-order chi connectivity index (χ0) is 13.0. The molecule has 3 N–H and O–H groups in total. The van der Waals surface area contributed by atoms with E-state index >= 15 is 0 Å². The van der Waals surface area contributed by atoms with Crippen LogP contribution in [0.5, 0.6) is 5.75 Å². The van der Waals surface area contributed by atoms with E-state index in [1.165, 1.54) is 0 Å². The number of rotatable bonds is 4. The molecule has 18 heavy (non-hydrogen) atoms. The third-order valence-electron chi connectivity index (χ3n) is 2.74. The molecule has 1 heterocycles. The van der Waals surface area contributed by atoms with Gasteiger partial charge in [-0.2, -0.15) is 0 Å². The van der Waals surface area contributed by atoms with Crippen LogP contribution in [0.25, 0.3) is 0 Å². The van der Waals surface area contributed by atoms with E-state index in [1.807, 2.05) is 37.3 Å². The van der Waals surface area contributed by atoms with Gasteiger partial charge in [-0.1, -0.05) is 18.2 Å². The van der Waals surface area contributed by atoms with Gasteiger partial charge in [0.1, 0.15) is 11.6 Å². The van der Waals surface area contributed by atoms with Crippen molar-refractivity contribution in [2.75, 3.05) is 18.2 Å². The number of nitrogens with two attached hydrogens (primary N) is 1. The van der Waals surface area contributed by atoms with Crippen LogP contribution in [-0.4, -0.2) is 12.1 Å². The standard InChI is InChI=1S/C14H17N3O/c1-10-7-12(15)9-17-14(10)16-8-11-5-3-4-6-13(11)18-2/h3-7,9H,8,15H2,1-2H3,(H,16,17). The molecule has 4 nitrogen and oxygen atoms in total. The summed E-state index contributed by atoms with van der Waals surface area (Å²) in [5, 5.41) is 3.28. The summed E-state index contributed by atoms with van der Waals surface area (Å²) in [5.74, 6) is 1.72. The third-order valence-corrected chi connectivity index (χ3v) is 2.74. The maximum absolute atomic E-state index is 5.67. The van der Waals surface area contributed by atoms with Crippen molar-refractivity contribution in [2.24, 2.45) is 0 Å². The fourth-order valence-corrected chi connectivity index (χ4v) is 1.81. The number of pyridine rings is 1. The first-order valence-electron chi connectivity index (χ1n) is 5.78. The molecule has 0 bridgehead atoms. The van der Waals surface area contributed by atoms with E-state index in [0.29, 0.717) is 12.2 Å². The van der Waals surface area contributed by atoms with Crippen LogP contribution in [0.15, 0.2) is 36.5 Å².